The number of carboxylic acid groups (broad SMARTS) is 1. The number of fused-ring (bicyclic) bond motifs is 1. The number of carboxylic acids is 1. The summed E-state index contributed by atoms with van der Waals surface area (Å²) in [5.74, 6) is -0.947. The van der Waals surface area contributed by atoms with Crippen LogP contribution in [0.15, 0.2) is 55.1 Å². The van der Waals surface area contributed by atoms with Crippen LogP contribution in [0.3, 0.4) is 0 Å². The highest BCUT2D eigenvalue weighted by atomic mass is 16.5. The Morgan fingerprint density at radius 3 is 2.48 bits per heavy atom. The molecule has 226 valence electrons. The number of pyridine rings is 1. The maximum absolute atomic E-state index is 13.6. The van der Waals surface area contributed by atoms with Crippen LogP contribution in [0.5, 0.6) is 5.88 Å². The SMILES string of the molecule is COc1nc(NC(=O)C2(NC(=O)c3ccc4c(C5CCCC5)c(-c5cncnc5)n(C)c4c3)CCC2)ccc1/C=C/C(=O)O. The molecule has 3 N–H and O–H groups in total. The van der Waals surface area contributed by atoms with Gasteiger partial charge < -0.3 is 25.0 Å². The fourth-order valence-corrected chi connectivity index (χ4v) is 6.44. The Kier molecular flexibility index (Phi) is 7.86. The smallest absolute Gasteiger partial charge is 0.328 e. The Hall–Kier alpha value is -5.06. The molecule has 2 fully saturated rings. The lowest BCUT2D eigenvalue weighted by Gasteiger charge is -2.40. The van der Waals surface area contributed by atoms with Crippen LogP contribution in [-0.2, 0) is 16.6 Å². The third-order valence-electron chi connectivity index (χ3n) is 8.82. The summed E-state index contributed by atoms with van der Waals surface area (Å²) in [5.41, 5.74) is 4.10. The minimum absolute atomic E-state index is 0.168. The van der Waals surface area contributed by atoms with Gasteiger partial charge in [0.25, 0.3) is 11.8 Å². The summed E-state index contributed by atoms with van der Waals surface area (Å²) in [5, 5.41) is 15.9. The number of ether oxygens (including phenoxy) is 1. The minimum atomic E-state index is -1.10. The zero-order valence-corrected chi connectivity index (χ0v) is 24.7. The van der Waals surface area contributed by atoms with Crippen LogP contribution in [-0.4, -0.2) is 55.1 Å². The van der Waals surface area contributed by atoms with Gasteiger partial charge in [-0.1, -0.05) is 18.9 Å². The van der Waals surface area contributed by atoms with Crippen LogP contribution in [0, 0.1) is 0 Å². The number of nitrogens with zero attached hydrogens (tertiary/aromatic N) is 4. The number of nitrogens with one attached hydrogen (secondary N) is 2. The highest BCUT2D eigenvalue weighted by molar-refractivity contribution is 6.06. The average molecular weight is 595 g/mol. The van der Waals surface area contributed by atoms with Crippen molar-refractivity contribution in [3.05, 3.63) is 71.8 Å². The van der Waals surface area contributed by atoms with Gasteiger partial charge in [-0.2, -0.15) is 4.98 Å². The zero-order chi connectivity index (χ0) is 30.8. The Bertz CT molecular complexity index is 1770. The molecule has 0 spiro atoms. The van der Waals surface area contributed by atoms with Gasteiger partial charge in [0.15, 0.2) is 0 Å². The first-order valence-electron chi connectivity index (χ1n) is 14.8. The highest BCUT2D eigenvalue weighted by Gasteiger charge is 2.46. The molecule has 3 aromatic heterocycles. The summed E-state index contributed by atoms with van der Waals surface area (Å²) in [6, 6.07) is 8.93. The molecule has 0 atom stereocenters. The standard InChI is InChI=1S/C33H34N6O5/c1-39-25-16-22(8-11-24(25)28(20-6-3-4-7-20)29(39)23-17-34-19-35-18-23)30(42)38-33(14-5-15-33)32(43)37-26-12-9-21(10-13-27(40)41)31(36-26)44-2/h8-13,16-20H,3-7,14-15H2,1-2H3,(H,38,42)(H,40,41)(H,36,37,43)/b13-10+. The molecule has 11 heteroatoms. The largest absolute Gasteiger partial charge is 0.481 e. The van der Waals surface area contributed by atoms with Crippen molar-refractivity contribution in [1.82, 2.24) is 24.8 Å². The van der Waals surface area contributed by atoms with Crippen molar-refractivity contribution < 1.29 is 24.2 Å². The fraction of sp³-hybridized carbons (Fsp3) is 0.333. The Morgan fingerprint density at radius 2 is 1.82 bits per heavy atom. The number of aliphatic carboxylic acids is 1. The number of hydrogen-bond acceptors (Lipinski definition) is 7. The van der Waals surface area contributed by atoms with Crippen molar-refractivity contribution in [3.8, 4) is 17.1 Å². The summed E-state index contributed by atoms with van der Waals surface area (Å²) < 4.78 is 7.40. The average Bonchev–Trinajstić information content (AvgIpc) is 3.64. The van der Waals surface area contributed by atoms with Gasteiger partial charge in [0.2, 0.25) is 5.88 Å². The molecule has 1 aromatic carbocycles. The van der Waals surface area contributed by atoms with Crippen molar-refractivity contribution in [2.45, 2.75) is 56.4 Å². The number of amides is 2. The summed E-state index contributed by atoms with van der Waals surface area (Å²) in [4.78, 5) is 50.8. The summed E-state index contributed by atoms with van der Waals surface area (Å²) in [6.07, 6.45) is 14.0. The lowest BCUT2D eigenvalue weighted by molar-refractivity contribution is -0.131. The van der Waals surface area contributed by atoms with Crippen LogP contribution < -0.4 is 15.4 Å². The number of benzene rings is 1. The summed E-state index contributed by atoms with van der Waals surface area (Å²) in [6.45, 7) is 0. The molecule has 3 heterocycles. The predicted octanol–water partition coefficient (Wildman–Crippen LogP) is 5.09. The molecule has 4 aromatic rings. The Balaban J connectivity index is 1.26. The predicted molar refractivity (Wildman–Crippen MR) is 165 cm³/mol. The van der Waals surface area contributed by atoms with Crippen molar-refractivity contribution >= 4 is 40.6 Å². The van der Waals surface area contributed by atoms with E-state index in [2.05, 4.69) is 30.2 Å². The number of aromatic nitrogens is 4. The van der Waals surface area contributed by atoms with Crippen LogP contribution in [0.4, 0.5) is 5.82 Å². The first-order chi connectivity index (χ1) is 21.3. The molecular formula is C33H34N6O5. The second-order valence-electron chi connectivity index (χ2n) is 11.5. The zero-order valence-electron chi connectivity index (χ0n) is 24.7. The molecule has 6 rings (SSSR count). The fourth-order valence-electron chi connectivity index (χ4n) is 6.44. The van der Waals surface area contributed by atoms with Crippen molar-refractivity contribution in [1.29, 1.82) is 0 Å². The molecule has 11 nitrogen and oxygen atoms in total. The molecule has 2 amide bonds. The normalized spacial score (nSPS) is 16.1. The second kappa shape index (κ2) is 11.9. The van der Waals surface area contributed by atoms with Crippen molar-refractivity contribution in [3.63, 3.8) is 0 Å². The van der Waals surface area contributed by atoms with Crippen LogP contribution in [0.25, 0.3) is 28.2 Å². The van der Waals surface area contributed by atoms with Gasteiger partial charge in [0.05, 0.1) is 12.8 Å². The Labute approximate surface area is 254 Å². The van der Waals surface area contributed by atoms with Gasteiger partial charge in [0.1, 0.15) is 17.7 Å². The number of hydrogen-bond donors (Lipinski definition) is 3. The van der Waals surface area contributed by atoms with E-state index in [9.17, 15) is 14.4 Å². The molecule has 0 radical (unpaired) electrons. The van der Waals surface area contributed by atoms with E-state index in [0.29, 0.717) is 29.9 Å². The number of aryl methyl sites for hydroxylation is 1. The quantitative estimate of drug-likeness (QED) is 0.227. The molecule has 2 aliphatic rings. The molecule has 0 bridgehead atoms. The van der Waals surface area contributed by atoms with E-state index in [1.807, 2.05) is 37.6 Å². The third-order valence-corrected chi connectivity index (χ3v) is 8.82. The van der Waals surface area contributed by atoms with Gasteiger partial charge in [-0.15, -0.1) is 0 Å². The van der Waals surface area contributed by atoms with E-state index in [4.69, 9.17) is 9.84 Å². The van der Waals surface area contributed by atoms with Gasteiger partial charge >= 0.3 is 5.97 Å². The second-order valence-corrected chi connectivity index (χ2v) is 11.5. The molecule has 2 saturated carbocycles. The van der Waals surface area contributed by atoms with E-state index in [1.54, 1.807) is 12.1 Å². The van der Waals surface area contributed by atoms with E-state index in [-0.39, 0.29) is 23.5 Å². The number of methoxy groups -OCH3 is 1. The molecule has 0 unspecified atom stereocenters. The van der Waals surface area contributed by atoms with E-state index in [0.717, 1.165) is 47.5 Å². The molecule has 0 aliphatic heterocycles. The summed E-state index contributed by atoms with van der Waals surface area (Å²) in [7, 11) is 3.42. The van der Waals surface area contributed by atoms with Gasteiger partial charge in [-0.05, 0) is 73.9 Å². The highest BCUT2D eigenvalue weighted by Crippen LogP contribution is 2.44. The lowest BCUT2D eigenvalue weighted by Crippen LogP contribution is -2.61. The maximum Gasteiger partial charge on any atom is 0.328 e. The molecular weight excluding hydrogens is 560 g/mol. The van der Waals surface area contributed by atoms with E-state index in [1.165, 1.54) is 37.9 Å². The topological polar surface area (TPSA) is 148 Å². The number of rotatable bonds is 9. The van der Waals surface area contributed by atoms with E-state index < -0.39 is 11.5 Å². The van der Waals surface area contributed by atoms with Crippen LogP contribution >= 0.6 is 0 Å². The number of anilines is 1. The first kappa shape index (κ1) is 29.0. The molecule has 44 heavy (non-hydrogen) atoms. The Morgan fingerprint density at radius 1 is 1.07 bits per heavy atom. The third kappa shape index (κ3) is 5.41. The van der Waals surface area contributed by atoms with Crippen LogP contribution in [0.2, 0.25) is 0 Å². The van der Waals surface area contributed by atoms with E-state index >= 15 is 0 Å². The van der Waals surface area contributed by atoms with Crippen molar-refractivity contribution in [2.24, 2.45) is 7.05 Å². The van der Waals surface area contributed by atoms with Crippen LogP contribution in [0.1, 0.15) is 72.3 Å². The van der Waals surface area contributed by atoms with Crippen molar-refractivity contribution in [2.75, 3.05) is 12.4 Å². The minimum Gasteiger partial charge on any atom is -0.481 e. The lowest BCUT2D eigenvalue weighted by atomic mass is 9.75. The maximum atomic E-state index is 13.6. The molecule has 2 aliphatic carbocycles. The molecule has 0 saturated heterocycles. The number of carbonyl (C=O) groups is 3. The van der Waals surface area contributed by atoms with Gasteiger partial charge in [0, 0.05) is 53.1 Å². The monoisotopic (exact) mass is 594 g/mol. The van der Waals surface area contributed by atoms with Gasteiger partial charge in [-0.3, -0.25) is 9.59 Å². The summed E-state index contributed by atoms with van der Waals surface area (Å²) >= 11 is 0. The van der Waals surface area contributed by atoms with Gasteiger partial charge in [-0.25, -0.2) is 14.8 Å². The first-order valence-corrected chi connectivity index (χ1v) is 14.8. The number of carbonyl (C=O) groups excluding carboxylic acids is 2.